The van der Waals surface area contributed by atoms with Crippen molar-refractivity contribution in [1.82, 2.24) is 0 Å². The van der Waals surface area contributed by atoms with Gasteiger partial charge in [0.15, 0.2) is 5.78 Å². The molecule has 0 spiro atoms. The first kappa shape index (κ1) is 29.1. The predicted molar refractivity (Wildman–Crippen MR) is 164 cm³/mol. The molecule has 6 rings (SSSR count). The molecule has 0 radical (unpaired) electrons. The Kier molecular flexibility index (Phi) is 6.60. The summed E-state index contributed by atoms with van der Waals surface area (Å²) in [5, 5.41) is 0. The highest BCUT2D eigenvalue weighted by Crippen LogP contribution is 2.75. The van der Waals surface area contributed by atoms with Gasteiger partial charge in [-0.2, -0.15) is 0 Å². The molecule has 2 N–H and O–H groups in total. The van der Waals surface area contributed by atoms with Gasteiger partial charge in [-0.25, -0.2) is 0 Å². The van der Waals surface area contributed by atoms with Gasteiger partial charge in [-0.05, 0) is 115 Å². The van der Waals surface area contributed by atoms with Gasteiger partial charge in [0.2, 0.25) is 0 Å². The maximum Gasteiger partial charge on any atom is 0.312 e. The number of allylic oxidation sites excluding steroid dienone is 2. The molecule has 4 heteroatoms. The van der Waals surface area contributed by atoms with Crippen molar-refractivity contribution in [1.29, 1.82) is 0 Å². The first-order valence-corrected chi connectivity index (χ1v) is 16.3. The van der Waals surface area contributed by atoms with Gasteiger partial charge in [0, 0.05) is 12.0 Å². The van der Waals surface area contributed by atoms with E-state index in [0.29, 0.717) is 18.3 Å². The number of carbonyl (C=O) groups is 2. The molecule has 0 amide bonds. The van der Waals surface area contributed by atoms with Gasteiger partial charge in [-0.15, -0.1) is 0 Å². The first-order valence-electron chi connectivity index (χ1n) is 16.3. The van der Waals surface area contributed by atoms with E-state index in [2.05, 4.69) is 54.5 Å². The number of hydrogen-bond acceptors (Lipinski definition) is 4. The van der Waals surface area contributed by atoms with Gasteiger partial charge in [-0.1, -0.05) is 77.4 Å². The van der Waals surface area contributed by atoms with Crippen LogP contribution in [0.2, 0.25) is 0 Å². The van der Waals surface area contributed by atoms with Crippen LogP contribution in [-0.2, 0) is 20.9 Å². The van der Waals surface area contributed by atoms with Crippen molar-refractivity contribution in [3.05, 3.63) is 47.5 Å². The zero-order chi connectivity index (χ0) is 29.6. The molecule has 4 fully saturated rings. The third-order valence-electron chi connectivity index (χ3n) is 14.4. The molecule has 0 aliphatic heterocycles. The normalized spacial score (nSPS) is 46.7. The minimum Gasteiger partial charge on any atom is -0.460 e. The average Bonchev–Trinajstić information content (AvgIpc) is 2.92. The van der Waals surface area contributed by atoms with Crippen LogP contribution in [0, 0.1) is 50.2 Å². The molecule has 0 heterocycles. The smallest absolute Gasteiger partial charge is 0.312 e. The van der Waals surface area contributed by atoms with Crippen molar-refractivity contribution in [2.24, 2.45) is 56.0 Å². The van der Waals surface area contributed by atoms with Crippen LogP contribution in [0.15, 0.2) is 42.0 Å². The summed E-state index contributed by atoms with van der Waals surface area (Å²) in [4.78, 5) is 28.2. The van der Waals surface area contributed by atoms with Crippen molar-refractivity contribution >= 4 is 11.8 Å². The fourth-order valence-electron chi connectivity index (χ4n) is 11.3. The van der Waals surface area contributed by atoms with Crippen LogP contribution < -0.4 is 5.73 Å². The Bertz CT molecular complexity index is 1270. The van der Waals surface area contributed by atoms with E-state index >= 15 is 0 Å². The highest BCUT2D eigenvalue weighted by Gasteiger charge is 2.70. The molecule has 5 aliphatic carbocycles. The number of nitrogens with two attached hydrogens (primary N) is 1. The number of carbonyl (C=O) groups excluding carboxylic acids is 2. The molecular weight excluding hydrogens is 506 g/mol. The largest absolute Gasteiger partial charge is 0.460 e. The fraction of sp³-hybridized carbons (Fsp3) is 0.730. The molecule has 0 bridgehead atoms. The summed E-state index contributed by atoms with van der Waals surface area (Å²) >= 11 is 0. The second-order valence-corrected chi connectivity index (χ2v) is 16.8. The van der Waals surface area contributed by atoms with E-state index in [1.165, 1.54) is 5.57 Å². The van der Waals surface area contributed by atoms with Crippen molar-refractivity contribution in [3.63, 3.8) is 0 Å². The summed E-state index contributed by atoms with van der Waals surface area (Å²) in [6.07, 6.45) is 11.3. The minimum absolute atomic E-state index is 0.0302. The molecular formula is C37H53NO3. The van der Waals surface area contributed by atoms with Gasteiger partial charge >= 0.3 is 5.97 Å². The lowest BCUT2D eigenvalue weighted by Crippen LogP contribution is -2.67. The number of hydrogen-bond donors (Lipinski definition) is 1. The Morgan fingerprint density at radius 1 is 0.902 bits per heavy atom. The summed E-state index contributed by atoms with van der Waals surface area (Å²) in [5.74, 6) is 0.987. The maximum atomic E-state index is 14.5. The fourth-order valence-corrected chi connectivity index (χ4v) is 11.3. The Morgan fingerprint density at radius 2 is 1.59 bits per heavy atom. The SMILES string of the molecule is CC1(C)[C@@H](N)CC[C@]2(C)[C@H]3C(=O)C=C4[C@@H]5C[C@@](C)(C(=O)OCc6ccccc6)CC[C@]5(C)CC[C@@]4(C)[C@]3(C)CC[C@@H]12. The van der Waals surface area contributed by atoms with Gasteiger partial charge in [-0.3, -0.25) is 9.59 Å². The Morgan fingerprint density at radius 3 is 2.29 bits per heavy atom. The quantitative estimate of drug-likeness (QED) is 0.381. The lowest BCUT2D eigenvalue weighted by molar-refractivity contribution is -0.188. The average molecular weight is 560 g/mol. The first-order chi connectivity index (χ1) is 19.1. The highest BCUT2D eigenvalue weighted by molar-refractivity contribution is 5.95. The van der Waals surface area contributed by atoms with Gasteiger partial charge in [0.05, 0.1) is 5.41 Å². The summed E-state index contributed by atoms with van der Waals surface area (Å²) in [6, 6.07) is 10.2. The lowest BCUT2D eigenvalue weighted by Gasteiger charge is -2.70. The van der Waals surface area contributed by atoms with Crippen LogP contribution in [0.4, 0.5) is 0 Å². The molecule has 41 heavy (non-hydrogen) atoms. The van der Waals surface area contributed by atoms with E-state index in [9.17, 15) is 9.59 Å². The summed E-state index contributed by atoms with van der Waals surface area (Å²) in [7, 11) is 0. The molecule has 1 aromatic carbocycles. The van der Waals surface area contributed by atoms with E-state index < -0.39 is 5.41 Å². The monoisotopic (exact) mass is 559 g/mol. The molecule has 4 nitrogen and oxygen atoms in total. The van der Waals surface area contributed by atoms with Crippen LogP contribution in [0.25, 0.3) is 0 Å². The zero-order valence-electron chi connectivity index (χ0n) is 26.6. The van der Waals surface area contributed by atoms with Crippen LogP contribution in [0.3, 0.4) is 0 Å². The summed E-state index contributed by atoms with van der Waals surface area (Å²) < 4.78 is 5.94. The summed E-state index contributed by atoms with van der Waals surface area (Å²) in [6.45, 7) is 16.9. The minimum atomic E-state index is -0.536. The van der Waals surface area contributed by atoms with Crippen LogP contribution in [0.5, 0.6) is 0 Å². The third-order valence-corrected chi connectivity index (χ3v) is 14.4. The number of fused-ring (bicyclic) bond motifs is 7. The molecule has 5 aliphatic rings. The maximum absolute atomic E-state index is 14.5. The van der Waals surface area contributed by atoms with E-state index in [4.69, 9.17) is 10.5 Å². The van der Waals surface area contributed by atoms with Crippen molar-refractivity contribution in [2.75, 3.05) is 0 Å². The van der Waals surface area contributed by atoms with E-state index in [0.717, 1.165) is 63.4 Å². The van der Waals surface area contributed by atoms with Gasteiger partial charge in [0.25, 0.3) is 0 Å². The molecule has 224 valence electrons. The lowest BCUT2D eigenvalue weighted by atomic mass is 9.33. The summed E-state index contributed by atoms with van der Waals surface area (Å²) in [5.41, 5.74) is 8.54. The van der Waals surface area contributed by atoms with Crippen LogP contribution >= 0.6 is 0 Å². The van der Waals surface area contributed by atoms with E-state index in [1.807, 2.05) is 30.3 Å². The van der Waals surface area contributed by atoms with Crippen molar-refractivity contribution < 1.29 is 14.3 Å². The second-order valence-electron chi connectivity index (χ2n) is 16.8. The van der Waals surface area contributed by atoms with Crippen molar-refractivity contribution in [2.45, 2.75) is 119 Å². The zero-order valence-corrected chi connectivity index (χ0v) is 26.6. The van der Waals surface area contributed by atoms with E-state index in [-0.39, 0.29) is 50.9 Å². The second kappa shape index (κ2) is 9.28. The van der Waals surface area contributed by atoms with Gasteiger partial charge < -0.3 is 10.5 Å². The standard InChI is InChI=1S/C37H53NO3/c1-32(2)28-13-16-37(7)30(35(28,5)15-14-29(32)38)27(39)21-25-26-22-34(4,18-17-33(26,3)19-20-36(25,37)6)31(40)41-23-24-11-9-8-10-12-24/h8-12,21,26,28-30H,13-20,22-23,38H2,1-7H3/t26-,28-,29-,30+,33+,34-,35-,36+,37+/m0/s1. The number of esters is 1. The molecule has 0 unspecified atom stereocenters. The molecule has 0 saturated heterocycles. The molecule has 4 saturated carbocycles. The number of ketones is 1. The predicted octanol–water partition coefficient (Wildman–Crippen LogP) is 8.04. The number of benzene rings is 1. The Balaban J connectivity index is 1.34. The Hall–Kier alpha value is -1.94. The Labute approximate surface area is 248 Å². The topological polar surface area (TPSA) is 69.4 Å². The van der Waals surface area contributed by atoms with Crippen molar-refractivity contribution in [3.8, 4) is 0 Å². The molecule has 1 aromatic rings. The number of ether oxygens (including phenoxy) is 1. The van der Waals surface area contributed by atoms with Crippen LogP contribution in [-0.4, -0.2) is 17.8 Å². The van der Waals surface area contributed by atoms with Crippen LogP contribution in [0.1, 0.15) is 112 Å². The van der Waals surface area contributed by atoms with E-state index in [1.54, 1.807) is 0 Å². The third kappa shape index (κ3) is 4.01. The molecule has 0 aromatic heterocycles. The van der Waals surface area contributed by atoms with Gasteiger partial charge in [0.1, 0.15) is 6.61 Å². The number of rotatable bonds is 3. The molecule has 9 atom stereocenters. The highest BCUT2D eigenvalue weighted by atomic mass is 16.5.